The number of furan rings is 1. The first kappa shape index (κ1) is 16.8. The smallest absolute Gasteiger partial charge is 0.433 e. The molecule has 0 spiro atoms. The number of alkyl halides is 3. The second-order valence-corrected chi connectivity index (χ2v) is 4.99. The van der Waals surface area contributed by atoms with Gasteiger partial charge in [0, 0.05) is 0 Å². The number of rotatable bonds is 4. The van der Waals surface area contributed by atoms with E-state index in [-0.39, 0.29) is 18.0 Å². The average Bonchev–Trinajstić information content (AvgIpc) is 3.00. The zero-order chi connectivity index (χ0) is 17.1. The number of hydrogen-bond donors (Lipinski definition) is 3. The van der Waals surface area contributed by atoms with Crippen LogP contribution >= 0.6 is 0 Å². The van der Waals surface area contributed by atoms with Crippen LogP contribution in [0.5, 0.6) is 0 Å². The number of aromatic nitrogens is 1. The Morgan fingerprint density at radius 1 is 1.35 bits per heavy atom. The van der Waals surface area contributed by atoms with Crippen LogP contribution in [0.3, 0.4) is 0 Å². The highest BCUT2D eigenvalue weighted by Gasteiger charge is 2.32. The van der Waals surface area contributed by atoms with Crippen LogP contribution in [-0.4, -0.2) is 22.7 Å². The summed E-state index contributed by atoms with van der Waals surface area (Å²) in [4.78, 5) is 14.9. The van der Waals surface area contributed by atoms with Crippen molar-refractivity contribution in [2.24, 2.45) is 0 Å². The topological polar surface area (TPSA) is 87.4 Å². The van der Waals surface area contributed by atoms with Gasteiger partial charge in [0.25, 0.3) is 0 Å². The number of nitrogens with one attached hydrogen (secondary N) is 2. The molecule has 1 unspecified atom stereocenters. The molecule has 0 aliphatic carbocycles. The molecular formula is C14H14F3N3O3. The molecule has 2 rings (SSSR count). The molecule has 0 aliphatic heterocycles. The molecule has 124 valence electrons. The molecule has 2 heterocycles. The summed E-state index contributed by atoms with van der Waals surface area (Å²) in [7, 11) is 0. The van der Waals surface area contributed by atoms with Gasteiger partial charge in [0.2, 0.25) is 0 Å². The number of amides is 2. The molecule has 0 saturated carbocycles. The minimum Gasteiger partial charge on any atom is -0.466 e. The monoisotopic (exact) mass is 329 g/mol. The zero-order valence-electron chi connectivity index (χ0n) is 12.0. The van der Waals surface area contributed by atoms with Gasteiger partial charge in [-0.05, 0) is 31.2 Å². The van der Waals surface area contributed by atoms with Gasteiger partial charge < -0.3 is 20.2 Å². The second kappa shape index (κ2) is 6.29. The maximum Gasteiger partial charge on any atom is 0.433 e. The number of anilines is 1. The lowest BCUT2D eigenvalue weighted by molar-refractivity contribution is -0.141. The van der Waals surface area contributed by atoms with Crippen LogP contribution in [0.2, 0.25) is 0 Å². The minimum absolute atomic E-state index is 0.0909. The average molecular weight is 329 g/mol. The van der Waals surface area contributed by atoms with E-state index >= 15 is 0 Å². The van der Waals surface area contributed by atoms with Crippen LogP contribution in [0.1, 0.15) is 18.4 Å². The van der Waals surface area contributed by atoms with Crippen LogP contribution in [0.15, 0.2) is 41.1 Å². The summed E-state index contributed by atoms with van der Waals surface area (Å²) in [6, 6.07) is 4.30. The normalized spacial score (nSPS) is 14.1. The summed E-state index contributed by atoms with van der Waals surface area (Å²) in [5, 5.41) is 14.9. The van der Waals surface area contributed by atoms with E-state index in [9.17, 15) is 23.1 Å². The Balaban J connectivity index is 1.90. The van der Waals surface area contributed by atoms with E-state index < -0.39 is 23.5 Å². The van der Waals surface area contributed by atoms with Gasteiger partial charge in [0.1, 0.15) is 17.1 Å². The molecule has 0 aliphatic rings. The minimum atomic E-state index is -4.54. The lowest BCUT2D eigenvalue weighted by Crippen LogP contribution is -2.40. The number of pyridine rings is 1. The molecule has 2 aromatic rings. The van der Waals surface area contributed by atoms with E-state index in [0.717, 1.165) is 18.3 Å². The van der Waals surface area contributed by atoms with Gasteiger partial charge in [-0.15, -0.1) is 0 Å². The molecule has 0 fully saturated rings. The van der Waals surface area contributed by atoms with Crippen molar-refractivity contribution in [2.45, 2.75) is 18.7 Å². The second-order valence-electron chi connectivity index (χ2n) is 4.99. The molecule has 23 heavy (non-hydrogen) atoms. The number of carbonyl (C=O) groups is 1. The van der Waals surface area contributed by atoms with Crippen molar-refractivity contribution in [2.75, 3.05) is 11.9 Å². The molecule has 1 atom stereocenters. The van der Waals surface area contributed by atoms with E-state index in [1.165, 1.54) is 13.2 Å². The number of nitrogens with zero attached hydrogens (tertiary/aromatic N) is 1. The molecular weight excluding hydrogens is 315 g/mol. The highest BCUT2D eigenvalue weighted by Crippen LogP contribution is 2.27. The Bertz CT molecular complexity index is 652. The van der Waals surface area contributed by atoms with E-state index in [2.05, 4.69) is 15.6 Å². The Morgan fingerprint density at radius 2 is 2.09 bits per heavy atom. The summed E-state index contributed by atoms with van der Waals surface area (Å²) in [6.07, 6.45) is -2.26. The van der Waals surface area contributed by atoms with Crippen LogP contribution in [0, 0.1) is 0 Å². The lowest BCUT2D eigenvalue weighted by Gasteiger charge is -2.21. The van der Waals surface area contributed by atoms with Crippen LogP contribution in [-0.2, 0) is 11.8 Å². The molecule has 0 bridgehead atoms. The Morgan fingerprint density at radius 3 is 2.61 bits per heavy atom. The maximum absolute atomic E-state index is 12.4. The van der Waals surface area contributed by atoms with Gasteiger partial charge >= 0.3 is 12.2 Å². The van der Waals surface area contributed by atoms with Gasteiger partial charge in [0.15, 0.2) is 0 Å². The highest BCUT2D eigenvalue weighted by atomic mass is 19.4. The van der Waals surface area contributed by atoms with Crippen LogP contribution in [0.4, 0.5) is 23.7 Å². The lowest BCUT2D eigenvalue weighted by atomic mass is 10.0. The molecule has 0 saturated heterocycles. The number of halogens is 3. The number of carbonyl (C=O) groups excluding carboxylic acids is 1. The third kappa shape index (κ3) is 4.46. The fourth-order valence-corrected chi connectivity index (χ4v) is 1.74. The predicted octanol–water partition coefficient (Wildman–Crippen LogP) is 2.72. The fraction of sp³-hybridized carbons (Fsp3) is 0.286. The van der Waals surface area contributed by atoms with E-state index in [0.29, 0.717) is 0 Å². The predicted molar refractivity (Wildman–Crippen MR) is 74.5 cm³/mol. The third-order valence-electron chi connectivity index (χ3n) is 2.96. The van der Waals surface area contributed by atoms with Crippen LogP contribution < -0.4 is 10.6 Å². The van der Waals surface area contributed by atoms with Gasteiger partial charge in [0.05, 0.1) is 24.7 Å². The standard InChI is InChI=1S/C14H14F3N3O3/c1-13(22,11-3-2-6-23-11)8-19-12(21)20-9-4-5-10(18-7-9)14(15,16)17/h2-7,22H,8H2,1H3,(H2,19,20,21). The van der Waals surface area contributed by atoms with Crippen LogP contribution in [0.25, 0.3) is 0 Å². The number of urea groups is 1. The van der Waals surface area contributed by atoms with Crippen molar-refractivity contribution in [1.29, 1.82) is 0 Å². The van der Waals surface area contributed by atoms with Crippen molar-refractivity contribution < 1.29 is 27.5 Å². The summed E-state index contributed by atoms with van der Waals surface area (Å²) in [5.74, 6) is 0.272. The van der Waals surface area contributed by atoms with E-state index in [1.54, 1.807) is 12.1 Å². The highest BCUT2D eigenvalue weighted by molar-refractivity contribution is 5.89. The molecule has 2 aromatic heterocycles. The zero-order valence-corrected chi connectivity index (χ0v) is 12.0. The van der Waals surface area contributed by atoms with Crippen molar-refractivity contribution in [3.05, 3.63) is 48.2 Å². The first-order valence-electron chi connectivity index (χ1n) is 6.53. The third-order valence-corrected chi connectivity index (χ3v) is 2.96. The molecule has 2 amide bonds. The molecule has 9 heteroatoms. The molecule has 6 nitrogen and oxygen atoms in total. The molecule has 0 radical (unpaired) electrons. The number of aliphatic hydroxyl groups is 1. The summed E-state index contributed by atoms with van der Waals surface area (Å²) >= 11 is 0. The Labute approximate surface area is 129 Å². The van der Waals surface area contributed by atoms with Gasteiger partial charge in [-0.1, -0.05) is 0 Å². The van der Waals surface area contributed by atoms with Gasteiger partial charge in [-0.2, -0.15) is 13.2 Å². The molecule has 3 N–H and O–H groups in total. The Hall–Kier alpha value is -2.55. The van der Waals surface area contributed by atoms with Crippen molar-refractivity contribution >= 4 is 11.7 Å². The quantitative estimate of drug-likeness (QED) is 0.805. The van der Waals surface area contributed by atoms with E-state index in [4.69, 9.17) is 4.42 Å². The molecule has 0 aromatic carbocycles. The van der Waals surface area contributed by atoms with Crippen molar-refractivity contribution in [3.8, 4) is 0 Å². The van der Waals surface area contributed by atoms with Gasteiger partial charge in [-0.3, -0.25) is 0 Å². The maximum atomic E-state index is 12.4. The first-order chi connectivity index (χ1) is 10.7. The largest absolute Gasteiger partial charge is 0.466 e. The fourth-order valence-electron chi connectivity index (χ4n) is 1.74. The Kier molecular flexibility index (Phi) is 4.60. The van der Waals surface area contributed by atoms with Crippen molar-refractivity contribution in [1.82, 2.24) is 10.3 Å². The summed E-state index contributed by atoms with van der Waals surface area (Å²) in [5.41, 5.74) is -2.38. The summed E-state index contributed by atoms with van der Waals surface area (Å²) in [6.45, 7) is 1.30. The number of hydrogen-bond acceptors (Lipinski definition) is 4. The SMILES string of the molecule is CC(O)(CNC(=O)Nc1ccc(C(F)(F)F)nc1)c1ccco1. The van der Waals surface area contributed by atoms with Gasteiger partial charge in [-0.25, -0.2) is 9.78 Å². The van der Waals surface area contributed by atoms with E-state index in [1.807, 2.05) is 0 Å². The first-order valence-corrected chi connectivity index (χ1v) is 6.53. The van der Waals surface area contributed by atoms with Crippen molar-refractivity contribution in [3.63, 3.8) is 0 Å². The summed E-state index contributed by atoms with van der Waals surface area (Å²) < 4.78 is 42.2.